The van der Waals surface area contributed by atoms with Gasteiger partial charge in [0.15, 0.2) is 12.3 Å². The number of carbonyl (C=O) groups is 3. The van der Waals surface area contributed by atoms with Crippen molar-refractivity contribution in [3.05, 3.63) is 41.2 Å². The summed E-state index contributed by atoms with van der Waals surface area (Å²) in [4.78, 5) is 43.0. The minimum absolute atomic E-state index is 0.0194. The van der Waals surface area contributed by atoms with Gasteiger partial charge in [0, 0.05) is 44.0 Å². The summed E-state index contributed by atoms with van der Waals surface area (Å²) in [6, 6.07) is 5.79. The van der Waals surface area contributed by atoms with Crippen LogP contribution in [0.1, 0.15) is 17.4 Å². The number of esters is 1. The molecule has 0 radical (unpaired) electrons. The van der Waals surface area contributed by atoms with E-state index < -0.39 is 5.97 Å². The van der Waals surface area contributed by atoms with E-state index in [1.807, 2.05) is 0 Å². The van der Waals surface area contributed by atoms with Gasteiger partial charge in [-0.3, -0.25) is 9.59 Å². The Hall–Kier alpha value is -2.81. The first kappa shape index (κ1) is 19.0. The molecule has 2 aromatic rings. The lowest BCUT2D eigenvalue weighted by Crippen LogP contribution is -2.51. The van der Waals surface area contributed by atoms with Crippen LogP contribution in [0.4, 0.5) is 4.39 Å². The van der Waals surface area contributed by atoms with Crippen LogP contribution >= 0.6 is 11.3 Å². The van der Waals surface area contributed by atoms with E-state index in [9.17, 15) is 18.8 Å². The van der Waals surface area contributed by atoms with Crippen LogP contribution in [0.15, 0.2) is 29.6 Å². The van der Waals surface area contributed by atoms with Gasteiger partial charge in [-0.1, -0.05) is 0 Å². The Labute approximate surface area is 159 Å². The van der Waals surface area contributed by atoms with Gasteiger partial charge < -0.3 is 14.5 Å². The van der Waals surface area contributed by atoms with Crippen molar-refractivity contribution in [3.63, 3.8) is 0 Å². The molecule has 1 aliphatic rings. The first-order valence-corrected chi connectivity index (χ1v) is 9.24. The van der Waals surface area contributed by atoms with Crippen LogP contribution in [0.25, 0.3) is 10.6 Å². The van der Waals surface area contributed by atoms with E-state index in [0.717, 1.165) is 0 Å². The largest absolute Gasteiger partial charge is 0.451 e. The zero-order valence-electron chi connectivity index (χ0n) is 14.7. The lowest BCUT2D eigenvalue weighted by Gasteiger charge is -2.34. The molecule has 0 bridgehead atoms. The topological polar surface area (TPSA) is 79.8 Å². The summed E-state index contributed by atoms with van der Waals surface area (Å²) < 4.78 is 18.0. The Morgan fingerprint density at radius 1 is 1.11 bits per heavy atom. The van der Waals surface area contributed by atoms with Crippen LogP contribution in [0.5, 0.6) is 0 Å². The Morgan fingerprint density at radius 2 is 1.74 bits per heavy atom. The molecule has 3 rings (SSSR count). The lowest BCUT2D eigenvalue weighted by molar-refractivity contribution is -0.140. The molecular weight excluding hydrogens is 373 g/mol. The van der Waals surface area contributed by atoms with Crippen molar-refractivity contribution in [2.75, 3.05) is 32.8 Å². The van der Waals surface area contributed by atoms with Crippen molar-refractivity contribution < 1.29 is 23.5 Å². The third-order valence-electron chi connectivity index (χ3n) is 4.21. The van der Waals surface area contributed by atoms with E-state index in [1.165, 1.54) is 35.8 Å². The SMILES string of the molecule is CC(=O)N1CCN(C(=O)COC(=O)c2csc(-c3ccc(F)cc3)n2)CC1. The maximum atomic E-state index is 13.0. The Bertz CT molecular complexity index is 845. The third kappa shape index (κ3) is 4.68. The quantitative estimate of drug-likeness (QED) is 0.743. The normalized spacial score (nSPS) is 14.1. The molecule has 1 fully saturated rings. The molecule has 0 N–H and O–H groups in total. The second kappa shape index (κ2) is 8.26. The molecule has 27 heavy (non-hydrogen) atoms. The predicted molar refractivity (Wildman–Crippen MR) is 96.6 cm³/mol. The fourth-order valence-corrected chi connectivity index (χ4v) is 3.45. The fraction of sp³-hybridized carbons (Fsp3) is 0.333. The third-order valence-corrected chi connectivity index (χ3v) is 5.10. The highest BCUT2D eigenvalue weighted by Gasteiger charge is 2.23. The monoisotopic (exact) mass is 391 g/mol. The van der Waals surface area contributed by atoms with Crippen molar-refractivity contribution in [3.8, 4) is 10.6 Å². The van der Waals surface area contributed by atoms with Crippen molar-refractivity contribution in [1.29, 1.82) is 0 Å². The Kier molecular flexibility index (Phi) is 5.80. The molecule has 0 atom stereocenters. The minimum atomic E-state index is -0.685. The molecule has 142 valence electrons. The molecule has 0 spiro atoms. The van der Waals surface area contributed by atoms with Gasteiger partial charge in [0.1, 0.15) is 10.8 Å². The highest BCUT2D eigenvalue weighted by atomic mass is 32.1. The van der Waals surface area contributed by atoms with Gasteiger partial charge in [0.25, 0.3) is 5.91 Å². The molecule has 1 aromatic heterocycles. The first-order valence-electron chi connectivity index (χ1n) is 8.36. The number of benzene rings is 1. The van der Waals surface area contributed by atoms with Gasteiger partial charge in [0.2, 0.25) is 5.91 Å². The zero-order chi connectivity index (χ0) is 19.4. The standard InChI is InChI=1S/C18H18FN3O4S/c1-12(23)21-6-8-22(9-7-21)16(24)10-26-18(25)15-11-27-17(20-15)13-2-4-14(19)5-3-13/h2-5,11H,6-10H2,1H3. The summed E-state index contributed by atoms with van der Waals surface area (Å²) in [6.45, 7) is 2.91. The Balaban J connectivity index is 1.52. The number of piperazine rings is 1. The number of thiazole rings is 1. The molecule has 7 nitrogen and oxygen atoms in total. The molecule has 0 aliphatic carbocycles. The van der Waals surface area contributed by atoms with E-state index in [0.29, 0.717) is 36.8 Å². The molecule has 0 unspecified atom stereocenters. The van der Waals surface area contributed by atoms with Gasteiger partial charge in [-0.25, -0.2) is 14.2 Å². The molecule has 1 aromatic carbocycles. The van der Waals surface area contributed by atoms with Crippen molar-refractivity contribution in [1.82, 2.24) is 14.8 Å². The Morgan fingerprint density at radius 3 is 2.37 bits per heavy atom. The second-order valence-corrected chi connectivity index (χ2v) is 6.87. The lowest BCUT2D eigenvalue weighted by atomic mass is 10.2. The van der Waals surface area contributed by atoms with Crippen molar-refractivity contribution in [2.24, 2.45) is 0 Å². The van der Waals surface area contributed by atoms with Crippen molar-refractivity contribution >= 4 is 29.1 Å². The number of nitrogens with zero attached hydrogens (tertiary/aromatic N) is 3. The summed E-state index contributed by atoms with van der Waals surface area (Å²) in [5.41, 5.74) is 0.799. The molecule has 9 heteroatoms. The van der Waals surface area contributed by atoms with Crippen LogP contribution in [-0.2, 0) is 14.3 Å². The van der Waals surface area contributed by atoms with Gasteiger partial charge in [-0.15, -0.1) is 11.3 Å². The number of halogens is 1. The predicted octanol–water partition coefficient (Wildman–Crippen LogP) is 1.80. The van der Waals surface area contributed by atoms with E-state index >= 15 is 0 Å². The summed E-state index contributed by atoms with van der Waals surface area (Å²) in [5, 5.41) is 2.10. The maximum Gasteiger partial charge on any atom is 0.358 e. The molecule has 1 saturated heterocycles. The number of aromatic nitrogens is 1. The van der Waals surface area contributed by atoms with Crippen LogP contribution < -0.4 is 0 Å². The average molecular weight is 391 g/mol. The highest BCUT2D eigenvalue weighted by Crippen LogP contribution is 2.24. The number of carbonyl (C=O) groups excluding carboxylic acids is 3. The zero-order valence-corrected chi connectivity index (χ0v) is 15.5. The van der Waals surface area contributed by atoms with Crippen LogP contribution in [0, 0.1) is 5.82 Å². The summed E-state index contributed by atoms with van der Waals surface area (Å²) in [7, 11) is 0. The molecule has 2 amide bonds. The number of amides is 2. The first-order chi connectivity index (χ1) is 12.9. The van der Waals surface area contributed by atoms with Crippen LogP contribution in [0.3, 0.4) is 0 Å². The van der Waals surface area contributed by atoms with E-state index in [2.05, 4.69) is 4.98 Å². The molecule has 0 saturated carbocycles. The molecular formula is C18H18FN3O4S. The summed E-state index contributed by atoms with van der Waals surface area (Å²) in [6.07, 6.45) is 0. The van der Waals surface area contributed by atoms with Gasteiger partial charge >= 0.3 is 5.97 Å². The fourth-order valence-electron chi connectivity index (χ4n) is 2.66. The minimum Gasteiger partial charge on any atom is -0.451 e. The van der Waals surface area contributed by atoms with Gasteiger partial charge in [0.05, 0.1) is 0 Å². The average Bonchev–Trinajstić information content (AvgIpc) is 3.16. The number of hydrogen-bond donors (Lipinski definition) is 0. The van der Waals surface area contributed by atoms with Gasteiger partial charge in [-0.05, 0) is 24.3 Å². The molecule has 2 heterocycles. The smallest absolute Gasteiger partial charge is 0.358 e. The number of rotatable bonds is 4. The number of ether oxygens (including phenoxy) is 1. The summed E-state index contributed by atoms with van der Waals surface area (Å²) >= 11 is 1.23. The second-order valence-electron chi connectivity index (χ2n) is 6.01. The van der Waals surface area contributed by atoms with Crippen molar-refractivity contribution in [2.45, 2.75) is 6.92 Å². The molecule has 1 aliphatic heterocycles. The maximum absolute atomic E-state index is 13.0. The highest BCUT2D eigenvalue weighted by molar-refractivity contribution is 7.13. The summed E-state index contributed by atoms with van der Waals surface area (Å²) in [5.74, 6) is -1.36. The van der Waals surface area contributed by atoms with E-state index in [-0.39, 0.29) is 29.9 Å². The van der Waals surface area contributed by atoms with E-state index in [1.54, 1.807) is 21.9 Å². The van der Waals surface area contributed by atoms with E-state index in [4.69, 9.17) is 4.74 Å². The van der Waals surface area contributed by atoms with Crippen LogP contribution in [0.2, 0.25) is 0 Å². The number of hydrogen-bond acceptors (Lipinski definition) is 6. The van der Waals surface area contributed by atoms with Crippen LogP contribution in [-0.4, -0.2) is 65.4 Å². The van der Waals surface area contributed by atoms with Gasteiger partial charge in [-0.2, -0.15) is 0 Å².